The van der Waals surface area contributed by atoms with Crippen molar-refractivity contribution < 1.29 is 0 Å². The molecule has 0 fully saturated rings. The Hall–Kier alpha value is -1.56. The number of nitrogens with zero attached hydrogens (tertiary/aromatic N) is 1. The molecule has 1 heterocycles. The van der Waals surface area contributed by atoms with Crippen LogP contribution in [0.1, 0.15) is 0 Å². The summed E-state index contributed by atoms with van der Waals surface area (Å²) < 4.78 is 0. The van der Waals surface area contributed by atoms with Crippen molar-refractivity contribution in [2.24, 2.45) is 5.84 Å². The number of hydrazine groups is 1. The van der Waals surface area contributed by atoms with Crippen molar-refractivity contribution in [2.75, 3.05) is 11.2 Å². The fourth-order valence-corrected chi connectivity index (χ4v) is 0.561. The first-order valence-electron chi connectivity index (χ1n) is 2.55. The van der Waals surface area contributed by atoms with Crippen LogP contribution in [-0.4, -0.2) is 10.2 Å². The fraction of sp³-hybridized carbons (Fsp3) is 0. The SMILES string of the molecule is NNc1c(N)cn[nH]c1=O. The fourth-order valence-electron chi connectivity index (χ4n) is 0.561. The molecule has 1 aromatic rings. The van der Waals surface area contributed by atoms with Gasteiger partial charge in [0.2, 0.25) is 0 Å². The van der Waals surface area contributed by atoms with Crippen molar-refractivity contribution in [3.63, 3.8) is 0 Å². The molecule has 6 heteroatoms. The molecule has 6 nitrogen and oxygen atoms in total. The van der Waals surface area contributed by atoms with E-state index < -0.39 is 5.56 Å². The van der Waals surface area contributed by atoms with Gasteiger partial charge in [-0.25, -0.2) is 5.10 Å². The van der Waals surface area contributed by atoms with Gasteiger partial charge >= 0.3 is 0 Å². The number of nitrogens with one attached hydrogen (secondary N) is 2. The topological polar surface area (TPSA) is 110 Å². The van der Waals surface area contributed by atoms with Crippen molar-refractivity contribution in [3.8, 4) is 0 Å². The number of hydrogen-bond acceptors (Lipinski definition) is 5. The summed E-state index contributed by atoms with van der Waals surface area (Å²) in [7, 11) is 0. The number of rotatable bonds is 1. The highest BCUT2D eigenvalue weighted by Gasteiger charge is 1.99. The molecule has 0 saturated heterocycles. The average molecular weight is 141 g/mol. The molecule has 0 aliphatic carbocycles. The lowest BCUT2D eigenvalue weighted by Gasteiger charge is -1.99. The molecule has 0 aliphatic heterocycles. The number of aromatic nitrogens is 2. The predicted octanol–water partition coefficient (Wildman–Crippen LogP) is -1.36. The van der Waals surface area contributed by atoms with Gasteiger partial charge in [0, 0.05) is 0 Å². The van der Waals surface area contributed by atoms with Crippen molar-refractivity contribution in [1.29, 1.82) is 0 Å². The maximum atomic E-state index is 10.7. The molecule has 0 spiro atoms. The smallest absolute Gasteiger partial charge is 0.290 e. The standard InChI is InChI=1S/C4H7N5O/c5-2-1-7-9-4(10)3(2)8-6/h1H,6H2,(H,7,8)(H3,5,9,10). The molecule has 0 aromatic carbocycles. The average Bonchev–Trinajstić information content (AvgIpc) is 1.88. The van der Waals surface area contributed by atoms with Crippen LogP contribution in [0.25, 0.3) is 0 Å². The zero-order chi connectivity index (χ0) is 7.56. The van der Waals surface area contributed by atoms with Crippen LogP contribution in [0.15, 0.2) is 11.0 Å². The minimum Gasteiger partial charge on any atom is -0.396 e. The van der Waals surface area contributed by atoms with Crippen molar-refractivity contribution in [3.05, 3.63) is 16.6 Å². The zero-order valence-electron chi connectivity index (χ0n) is 5.09. The van der Waals surface area contributed by atoms with Crippen LogP contribution < -0.4 is 22.6 Å². The third-order valence-corrected chi connectivity index (χ3v) is 1.03. The van der Waals surface area contributed by atoms with E-state index in [0.29, 0.717) is 0 Å². The van der Waals surface area contributed by atoms with Gasteiger partial charge in [-0.2, -0.15) is 5.10 Å². The first kappa shape index (κ1) is 6.56. The molecule has 54 valence electrons. The second kappa shape index (κ2) is 2.36. The Morgan fingerprint density at radius 2 is 2.40 bits per heavy atom. The molecule has 6 N–H and O–H groups in total. The molecule has 0 atom stereocenters. The van der Waals surface area contributed by atoms with Gasteiger partial charge in [-0.1, -0.05) is 0 Å². The second-order valence-electron chi connectivity index (χ2n) is 1.67. The van der Waals surface area contributed by atoms with E-state index in [1.165, 1.54) is 6.20 Å². The van der Waals surface area contributed by atoms with E-state index in [9.17, 15) is 4.79 Å². The third kappa shape index (κ3) is 0.914. The van der Waals surface area contributed by atoms with Crippen LogP contribution >= 0.6 is 0 Å². The van der Waals surface area contributed by atoms with E-state index in [4.69, 9.17) is 11.6 Å². The summed E-state index contributed by atoms with van der Waals surface area (Å²) in [5.41, 5.74) is 7.40. The largest absolute Gasteiger partial charge is 0.396 e. The summed E-state index contributed by atoms with van der Waals surface area (Å²) in [5, 5.41) is 5.60. The molecule has 0 radical (unpaired) electrons. The molecule has 10 heavy (non-hydrogen) atoms. The van der Waals surface area contributed by atoms with Gasteiger partial charge in [0.25, 0.3) is 5.56 Å². The molecule has 0 unspecified atom stereocenters. The normalized spacial score (nSPS) is 9.30. The number of aromatic amines is 1. The first-order chi connectivity index (χ1) is 4.75. The monoisotopic (exact) mass is 141 g/mol. The van der Waals surface area contributed by atoms with Gasteiger partial charge < -0.3 is 11.2 Å². The number of anilines is 2. The van der Waals surface area contributed by atoms with Crippen molar-refractivity contribution in [2.45, 2.75) is 0 Å². The number of nitrogen functional groups attached to an aromatic ring is 2. The Labute approximate surface area is 56.2 Å². The molecular formula is C4H7N5O. The second-order valence-corrected chi connectivity index (χ2v) is 1.67. The van der Waals surface area contributed by atoms with Crippen LogP contribution in [0.3, 0.4) is 0 Å². The highest BCUT2D eigenvalue weighted by Crippen LogP contribution is 2.05. The number of nitrogens with two attached hydrogens (primary N) is 2. The highest BCUT2D eigenvalue weighted by molar-refractivity contribution is 5.61. The molecule has 1 rings (SSSR count). The van der Waals surface area contributed by atoms with E-state index in [2.05, 4.69) is 15.6 Å². The number of H-pyrrole nitrogens is 1. The van der Waals surface area contributed by atoms with E-state index in [0.717, 1.165) is 0 Å². The minimum absolute atomic E-state index is 0.134. The molecule has 1 aromatic heterocycles. The van der Waals surface area contributed by atoms with Crippen molar-refractivity contribution >= 4 is 11.4 Å². The summed E-state index contributed by atoms with van der Waals surface area (Å²) in [6.07, 6.45) is 1.30. The number of hydrogen-bond donors (Lipinski definition) is 4. The maximum absolute atomic E-state index is 10.7. The quantitative estimate of drug-likeness (QED) is 0.285. The summed E-state index contributed by atoms with van der Waals surface area (Å²) >= 11 is 0. The Morgan fingerprint density at radius 3 is 2.80 bits per heavy atom. The van der Waals surface area contributed by atoms with E-state index >= 15 is 0 Å². The molecular weight excluding hydrogens is 134 g/mol. The Balaban J connectivity index is 3.31. The molecule has 0 bridgehead atoms. The van der Waals surface area contributed by atoms with Crippen LogP contribution in [0.2, 0.25) is 0 Å². The Kier molecular flexibility index (Phi) is 1.55. The van der Waals surface area contributed by atoms with Crippen LogP contribution in [0.5, 0.6) is 0 Å². The maximum Gasteiger partial charge on any atom is 0.290 e. The zero-order valence-corrected chi connectivity index (χ0v) is 5.09. The lowest BCUT2D eigenvalue weighted by Crippen LogP contribution is -2.20. The molecule has 0 saturated carbocycles. The molecule has 0 amide bonds. The van der Waals surface area contributed by atoms with Crippen LogP contribution in [0, 0.1) is 0 Å². The highest BCUT2D eigenvalue weighted by atomic mass is 16.1. The van der Waals surface area contributed by atoms with Gasteiger partial charge in [-0.3, -0.25) is 10.6 Å². The lowest BCUT2D eigenvalue weighted by molar-refractivity contribution is 0.989. The first-order valence-corrected chi connectivity index (χ1v) is 2.55. The van der Waals surface area contributed by atoms with Crippen LogP contribution in [-0.2, 0) is 0 Å². The van der Waals surface area contributed by atoms with Gasteiger partial charge in [-0.05, 0) is 0 Å². The van der Waals surface area contributed by atoms with E-state index in [1.54, 1.807) is 0 Å². The van der Waals surface area contributed by atoms with Gasteiger partial charge in [0.15, 0.2) is 0 Å². The summed E-state index contributed by atoms with van der Waals surface area (Å²) in [6.45, 7) is 0. The third-order valence-electron chi connectivity index (χ3n) is 1.03. The summed E-state index contributed by atoms with van der Waals surface area (Å²) in [4.78, 5) is 10.7. The summed E-state index contributed by atoms with van der Waals surface area (Å²) in [6, 6.07) is 0. The van der Waals surface area contributed by atoms with E-state index in [-0.39, 0.29) is 11.4 Å². The lowest BCUT2D eigenvalue weighted by atomic mass is 10.4. The Morgan fingerprint density at radius 1 is 1.70 bits per heavy atom. The van der Waals surface area contributed by atoms with Gasteiger partial charge in [-0.15, -0.1) is 0 Å². The van der Waals surface area contributed by atoms with E-state index in [1.807, 2.05) is 0 Å². The molecule has 0 aliphatic rings. The minimum atomic E-state index is -0.428. The predicted molar refractivity (Wildman–Crippen MR) is 37.1 cm³/mol. The Bertz CT molecular complexity index is 279. The van der Waals surface area contributed by atoms with Gasteiger partial charge in [0.1, 0.15) is 5.69 Å². The van der Waals surface area contributed by atoms with Gasteiger partial charge in [0.05, 0.1) is 11.9 Å². The van der Waals surface area contributed by atoms with Crippen molar-refractivity contribution in [1.82, 2.24) is 10.2 Å². The van der Waals surface area contributed by atoms with Crippen LogP contribution in [0.4, 0.5) is 11.4 Å². The summed E-state index contributed by atoms with van der Waals surface area (Å²) in [5.74, 6) is 4.97.